The number of rotatable bonds is 7. The average molecular weight is 173 g/mol. The van der Waals surface area contributed by atoms with Crippen LogP contribution < -0.4 is 5.32 Å². The van der Waals surface area contributed by atoms with Gasteiger partial charge in [0.1, 0.15) is 0 Å². The fourth-order valence-electron chi connectivity index (χ4n) is 1.09. The van der Waals surface area contributed by atoms with Crippen LogP contribution in [0.15, 0.2) is 0 Å². The Labute approximate surface area is 76.7 Å². The van der Waals surface area contributed by atoms with Gasteiger partial charge in [-0.15, -0.1) is 0 Å². The first kappa shape index (κ1) is 11.9. The molecule has 1 N–H and O–H groups in total. The van der Waals surface area contributed by atoms with Crippen LogP contribution in [0.1, 0.15) is 33.6 Å². The van der Waals surface area contributed by atoms with Gasteiger partial charge in [-0.3, -0.25) is 0 Å². The second-order valence-electron chi connectivity index (χ2n) is 3.82. The van der Waals surface area contributed by atoms with Gasteiger partial charge in [0.25, 0.3) is 0 Å². The number of ether oxygens (including phenoxy) is 1. The first-order valence-corrected chi connectivity index (χ1v) is 4.89. The third-order valence-corrected chi connectivity index (χ3v) is 1.98. The molecule has 0 heterocycles. The fraction of sp³-hybridized carbons (Fsp3) is 1.00. The highest BCUT2D eigenvalue weighted by molar-refractivity contribution is 4.61. The second-order valence-corrected chi connectivity index (χ2v) is 3.82. The van der Waals surface area contributed by atoms with Crippen LogP contribution in [-0.4, -0.2) is 26.3 Å². The van der Waals surface area contributed by atoms with Crippen LogP contribution in [0.5, 0.6) is 0 Å². The Kier molecular flexibility index (Phi) is 7.51. The summed E-state index contributed by atoms with van der Waals surface area (Å²) in [7, 11) is 1.74. The number of nitrogens with one attached hydrogen (secondary N) is 1. The van der Waals surface area contributed by atoms with Crippen molar-refractivity contribution >= 4 is 0 Å². The van der Waals surface area contributed by atoms with E-state index in [1.165, 1.54) is 12.8 Å². The Balaban J connectivity index is 3.15. The van der Waals surface area contributed by atoms with Crippen LogP contribution in [0.2, 0.25) is 0 Å². The fourth-order valence-corrected chi connectivity index (χ4v) is 1.09. The molecule has 74 valence electrons. The van der Waals surface area contributed by atoms with Gasteiger partial charge in [-0.2, -0.15) is 0 Å². The predicted octanol–water partition coefficient (Wildman–Crippen LogP) is 2.05. The largest absolute Gasteiger partial charge is 0.383 e. The van der Waals surface area contributed by atoms with E-state index >= 15 is 0 Å². The van der Waals surface area contributed by atoms with Gasteiger partial charge >= 0.3 is 0 Å². The molecule has 0 radical (unpaired) electrons. The standard InChI is InChI=1S/C10H23NO/c1-9(2)5-6-10(3)11-7-8-12-4/h9-11H,5-8H2,1-4H3. The van der Waals surface area contributed by atoms with Crippen LogP contribution in [0, 0.1) is 5.92 Å². The van der Waals surface area contributed by atoms with E-state index in [-0.39, 0.29) is 0 Å². The van der Waals surface area contributed by atoms with Crippen molar-refractivity contribution in [3.8, 4) is 0 Å². The minimum absolute atomic E-state index is 0.627. The van der Waals surface area contributed by atoms with Gasteiger partial charge in [-0.05, 0) is 25.7 Å². The minimum Gasteiger partial charge on any atom is -0.383 e. The lowest BCUT2D eigenvalue weighted by atomic mass is 10.0. The lowest BCUT2D eigenvalue weighted by Gasteiger charge is -2.14. The molecule has 0 fully saturated rings. The first-order chi connectivity index (χ1) is 5.66. The molecule has 12 heavy (non-hydrogen) atoms. The van der Waals surface area contributed by atoms with E-state index in [0.29, 0.717) is 6.04 Å². The Bertz CT molecular complexity index is 93.8. The van der Waals surface area contributed by atoms with E-state index < -0.39 is 0 Å². The molecule has 2 heteroatoms. The molecule has 0 aromatic rings. The molecular formula is C10H23NO. The van der Waals surface area contributed by atoms with E-state index in [0.717, 1.165) is 19.1 Å². The van der Waals surface area contributed by atoms with Crippen molar-refractivity contribution in [2.75, 3.05) is 20.3 Å². The predicted molar refractivity (Wildman–Crippen MR) is 53.4 cm³/mol. The molecule has 0 bridgehead atoms. The molecule has 0 aliphatic rings. The lowest BCUT2D eigenvalue weighted by molar-refractivity contribution is 0.195. The van der Waals surface area contributed by atoms with Crippen LogP contribution in [-0.2, 0) is 4.74 Å². The summed E-state index contributed by atoms with van der Waals surface area (Å²) in [5, 5.41) is 3.41. The van der Waals surface area contributed by atoms with Crippen molar-refractivity contribution in [1.82, 2.24) is 5.32 Å². The van der Waals surface area contributed by atoms with Crippen LogP contribution >= 0.6 is 0 Å². The minimum atomic E-state index is 0.627. The Morgan fingerprint density at radius 2 is 1.83 bits per heavy atom. The summed E-state index contributed by atoms with van der Waals surface area (Å²) in [6.45, 7) is 8.55. The van der Waals surface area contributed by atoms with Gasteiger partial charge in [0.05, 0.1) is 6.61 Å². The molecular weight excluding hydrogens is 150 g/mol. The van der Waals surface area contributed by atoms with E-state index in [2.05, 4.69) is 26.1 Å². The summed E-state index contributed by atoms with van der Waals surface area (Å²) >= 11 is 0. The van der Waals surface area contributed by atoms with Gasteiger partial charge in [-0.25, -0.2) is 0 Å². The molecule has 2 nitrogen and oxygen atoms in total. The average Bonchev–Trinajstić information content (AvgIpc) is 2.01. The summed E-state index contributed by atoms with van der Waals surface area (Å²) in [4.78, 5) is 0. The summed E-state index contributed by atoms with van der Waals surface area (Å²) < 4.78 is 4.96. The summed E-state index contributed by atoms with van der Waals surface area (Å²) in [6, 6.07) is 0.627. The molecule has 0 aliphatic heterocycles. The van der Waals surface area contributed by atoms with E-state index in [9.17, 15) is 0 Å². The van der Waals surface area contributed by atoms with Crippen molar-refractivity contribution in [2.24, 2.45) is 5.92 Å². The Morgan fingerprint density at radius 1 is 1.17 bits per heavy atom. The smallest absolute Gasteiger partial charge is 0.0587 e. The van der Waals surface area contributed by atoms with Crippen molar-refractivity contribution in [1.29, 1.82) is 0 Å². The zero-order chi connectivity index (χ0) is 9.40. The van der Waals surface area contributed by atoms with E-state index in [4.69, 9.17) is 4.74 Å². The summed E-state index contributed by atoms with van der Waals surface area (Å²) in [6.07, 6.45) is 2.57. The van der Waals surface area contributed by atoms with Gasteiger partial charge < -0.3 is 10.1 Å². The third kappa shape index (κ3) is 8.02. The molecule has 0 aromatic heterocycles. The Morgan fingerprint density at radius 3 is 2.33 bits per heavy atom. The van der Waals surface area contributed by atoms with Crippen LogP contribution in [0.3, 0.4) is 0 Å². The van der Waals surface area contributed by atoms with Crippen LogP contribution in [0.4, 0.5) is 0 Å². The maximum absolute atomic E-state index is 4.96. The molecule has 1 unspecified atom stereocenters. The molecule has 1 atom stereocenters. The van der Waals surface area contributed by atoms with Gasteiger partial charge in [0.15, 0.2) is 0 Å². The van der Waals surface area contributed by atoms with Gasteiger partial charge in [0.2, 0.25) is 0 Å². The molecule has 0 spiro atoms. The second kappa shape index (κ2) is 7.56. The molecule has 0 saturated heterocycles. The van der Waals surface area contributed by atoms with Gasteiger partial charge in [0, 0.05) is 19.7 Å². The molecule has 0 aromatic carbocycles. The van der Waals surface area contributed by atoms with Crippen molar-refractivity contribution in [2.45, 2.75) is 39.7 Å². The number of hydrogen-bond acceptors (Lipinski definition) is 2. The maximum atomic E-state index is 4.96. The number of hydrogen-bond donors (Lipinski definition) is 1. The summed E-state index contributed by atoms with van der Waals surface area (Å²) in [5.41, 5.74) is 0. The topological polar surface area (TPSA) is 21.3 Å². The normalized spacial score (nSPS) is 13.8. The zero-order valence-electron chi connectivity index (χ0n) is 8.89. The first-order valence-electron chi connectivity index (χ1n) is 4.89. The third-order valence-electron chi connectivity index (χ3n) is 1.98. The highest BCUT2D eigenvalue weighted by Crippen LogP contribution is 2.05. The molecule has 0 rings (SSSR count). The van der Waals surface area contributed by atoms with Crippen molar-refractivity contribution in [3.05, 3.63) is 0 Å². The summed E-state index contributed by atoms with van der Waals surface area (Å²) in [5.74, 6) is 0.816. The van der Waals surface area contributed by atoms with E-state index in [1.807, 2.05) is 0 Å². The van der Waals surface area contributed by atoms with Gasteiger partial charge in [-0.1, -0.05) is 13.8 Å². The SMILES string of the molecule is COCCNC(C)CCC(C)C. The molecule has 0 aliphatic carbocycles. The highest BCUT2D eigenvalue weighted by atomic mass is 16.5. The van der Waals surface area contributed by atoms with Crippen molar-refractivity contribution in [3.63, 3.8) is 0 Å². The maximum Gasteiger partial charge on any atom is 0.0587 e. The molecule has 0 saturated carbocycles. The molecule has 0 amide bonds. The van der Waals surface area contributed by atoms with Crippen molar-refractivity contribution < 1.29 is 4.74 Å². The lowest BCUT2D eigenvalue weighted by Crippen LogP contribution is -2.29. The monoisotopic (exact) mass is 173 g/mol. The zero-order valence-corrected chi connectivity index (χ0v) is 8.89. The van der Waals surface area contributed by atoms with Crippen LogP contribution in [0.25, 0.3) is 0 Å². The quantitative estimate of drug-likeness (QED) is 0.595. The number of methoxy groups -OCH3 is 1. The Hall–Kier alpha value is -0.0800. The highest BCUT2D eigenvalue weighted by Gasteiger charge is 2.01. The van der Waals surface area contributed by atoms with E-state index in [1.54, 1.807) is 7.11 Å².